The topological polar surface area (TPSA) is 104 Å². The maximum Gasteiger partial charge on any atom is 0.258 e. The van der Waals surface area contributed by atoms with E-state index in [0.29, 0.717) is 35.4 Å². The Kier molecular flexibility index (Phi) is 6.20. The molecule has 1 fully saturated rings. The van der Waals surface area contributed by atoms with E-state index in [0.717, 1.165) is 18.4 Å². The predicted molar refractivity (Wildman–Crippen MR) is 115 cm³/mol. The zero-order valence-corrected chi connectivity index (χ0v) is 18.6. The molecule has 0 bridgehead atoms. The highest BCUT2D eigenvalue weighted by atomic mass is 16.5. The summed E-state index contributed by atoms with van der Waals surface area (Å²) in [5.74, 6) is 1.57. The van der Waals surface area contributed by atoms with Crippen LogP contribution in [0.3, 0.4) is 0 Å². The molecule has 32 heavy (non-hydrogen) atoms. The molecular weight excluding hydrogens is 412 g/mol. The first kappa shape index (κ1) is 21.5. The molecule has 3 aromatic rings. The fourth-order valence-electron chi connectivity index (χ4n) is 3.81. The zero-order chi connectivity index (χ0) is 22.7. The van der Waals surface area contributed by atoms with Gasteiger partial charge in [-0.1, -0.05) is 0 Å². The molecule has 2 atom stereocenters. The van der Waals surface area contributed by atoms with E-state index in [1.165, 1.54) is 24.3 Å². The van der Waals surface area contributed by atoms with Crippen molar-refractivity contribution in [2.45, 2.75) is 38.8 Å². The number of rotatable bonds is 6. The van der Waals surface area contributed by atoms with Gasteiger partial charge in [-0.15, -0.1) is 4.80 Å². The molecule has 10 heteroatoms. The second-order valence-corrected chi connectivity index (χ2v) is 7.63. The molecule has 4 heterocycles. The fraction of sp³-hybridized carbons (Fsp3) is 0.409. The standard InChI is InChI=1S/C22H26N6O4/c1-14-9-10-23-21(19(14)31-4)32-16-6-5-15(2)27(13-16)22(29)17-7-8-18(30-3)26-20(17)28-24-11-12-25-28/h7-12,15-16H,5-6,13H2,1-4H3. The van der Waals surface area contributed by atoms with Gasteiger partial charge in [-0.3, -0.25) is 4.79 Å². The first-order valence-corrected chi connectivity index (χ1v) is 10.4. The van der Waals surface area contributed by atoms with Crippen molar-refractivity contribution in [3.05, 3.63) is 47.9 Å². The summed E-state index contributed by atoms with van der Waals surface area (Å²) in [4.78, 5) is 25.4. The van der Waals surface area contributed by atoms with Crippen LogP contribution in [0.2, 0.25) is 0 Å². The average Bonchev–Trinajstić information content (AvgIpc) is 3.34. The van der Waals surface area contributed by atoms with Crippen molar-refractivity contribution in [3.8, 4) is 23.3 Å². The number of aromatic nitrogens is 5. The van der Waals surface area contributed by atoms with E-state index in [9.17, 15) is 4.79 Å². The number of pyridine rings is 2. The lowest BCUT2D eigenvalue weighted by atomic mass is 10.00. The van der Waals surface area contributed by atoms with Gasteiger partial charge < -0.3 is 19.1 Å². The molecule has 0 radical (unpaired) electrons. The van der Waals surface area contributed by atoms with Crippen LogP contribution in [0.1, 0.15) is 35.7 Å². The molecule has 0 N–H and O–H groups in total. The molecule has 0 spiro atoms. The Labute approximate surface area is 186 Å². The number of piperidine rings is 1. The minimum absolute atomic E-state index is 0.0373. The minimum atomic E-state index is -0.212. The summed E-state index contributed by atoms with van der Waals surface area (Å²) in [6.45, 7) is 4.38. The Morgan fingerprint density at radius 3 is 2.56 bits per heavy atom. The Hall–Kier alpha value is -3.69. The van der Waals surface area contributed by atoms with Crippen molar-refractivity contribution in [1.82, 2.24) is 29.9 Å². The van der Waals surface area contributed by atoms with Gasteiger partial charge in [0.15, 0.2) is 11.6 Å². The van der Waals surface area contributed by atoms with Gasteiger partial charge in [-0.05, 0) is 44.4 Å². The van der Waals surface area contributed by atoms with E-state index in [1.54, 1.807) is 30.3 Å². The highest BCUT2D eigenvalue weighted by molar-refractivity contribution is 5.97. The van der Waals surface area contributed by atoms with Crippen molar-refractivity contribution >= 4 is 5.91 Å². The average molecular weight is 438 g/mol. The molecule has 1 saturated heterocycles. The van der Waals surface area contributed by atoms with Gasteiger partial charge in [0, 0.05) is 18.3 Å². The third-order valence-electron chi connectivity index (χ3n) is 5.55. The number of hydrogen-bond donors (Lipinski definition) is 0. The number of aryl methyl sites for hydroxylation is 1. The van der Waals surface area contributed by atoms with E-state index in [1.807, 2.05) is 19.9 Å². The summed E-state index contributed by atoms with van der Waals surface area (Å²) in [7, 11) is 3.11. The molecule has 2 unspecified atom stereocenters. The monoisotopic (exact) mass is 438 g/mol. The van der Waals surface area contributed by atoms with Crippen LogP contribution in [0, 0.1) is 6.92 Å². The molecule has 10 nitrogen and oxygen atoms in total. The summed E-state index contributed by atoms with van der Waals surface area (Å²) in [5, 5.41) is 8.27. The van der Waals surface area contributed by atoms with Gasteiger partial charge in [0.2, 0.25) is 5.88 Å². The third kappa shape index (κ3) is 4.20. The third-order valence-corrected chi connectivity index (χ3v) is 5.55. The summed E-state index contributed by atoms with van der Waals surface area (Å²) < 4.78 is 16.8. The SMILES string of the molecule is COc1ccc(C(=O)N2CC(Oc3nccc(C)c3OC)CCC2C)c(-n2nccn2)n1. The molecule has 0 aromatic carbocycles. The van der Waals surface area contributed by atoms with Gasteiger partial charge in [-0.2, -0.15) is 15.2 Å². The van der Waals surface area contributed by atoms with Crippen molar-refractivity contribution in [1.29, 1.82) is 0 Å². The molecule has 1 aliphatic heterocycles. The fourth-order valence-corrected chi connectivity index (χ4v) is 3.81. The molecule has 3 aromatic heterocycles. The Bertz CT molecular complexity index is 1090. The number of ether oxygens (including phenoxy) is 3. The van der Waals surface area contributed by atoms with Gasteiger partial charge in [0.25, 0.3) is 11.8 Å². The summed E-state index contributed by atoms with van der Waals surface area (Å²) in [6.07, 6.45) is 6.14. The van der Waals surface area contributed by atoms with Gasteiger partial charge in [-0.25, -0.2) is 4.98 Å². The van der Waals surface area contributed by atoms with Crippen LogP contribution in [0.4, 0.5) is 0 Å². The van der Waals surface area contributed by atoms with Crippen LogP contribution in [0.5, 0.6) is 17.5 Å². The highest BCUT2D eigenvalue weighted by Gasteiger charge is 2.33. The number of likely N-dealkylation sites (tertiary alicyclic amines) is 1. The molecular formula is C22H26N6O4. The zero-order valence-electron chi connectivity index (χ0n) is 18.6. The summed E-state index contributed by atoms with van der Waals surface area (Å²) in [5.41, 5.74) is 1.33. The molecule has 4 rings (SSSR count). The highest BCUT2D eigenvalue weighted by Crippen LogP contribution is 2.31. The van der Waals surface area contributed by atoms with E-state index < -0.39 is 0 Å². The van der Waals surface area contributed by atoms with Crippen LogP contribution in [0.15, 0.2) is 36.8 Å². The Balaban J connectivity index is 1.60. The van der Waals surface area contributed by atoms with E-state index in [-0.39, 0.29) is 18.1 Å². The molecule has 0 aliphatic carbocycles. The Morgan fingerprint density at radius 2 is 1.84 bits per heavy atom. The molecule has 1 amide bonds. The molecule has 168 valence electrons. The number of carbonyl (C=O) groups excluding carboxylic acids is 1. The quantitative estimate of drug-likeness (QED) is 0.578. The smallest absolute Gasteiger partial charge is 0.258 e. The second-order valence-electron chi connectivity index (χ2n) is 7.63. The number of methoxy groups -OCH3 is 2. The van der Waals surface area contributed by atoms with Crippen LogP contribution in [0.25, 0.3) is 5.82 Å². The van der Waals surface area contributed by atoms with Crippen molar-refractivity contribution in [3.63, 3.8) is 0 Å². The first-order chi connectivity index (χ1) is 15.5. The Morgan fingerprint density at radius 1 is 1.06 bits per heavy atom. The molecule has 0 saturated carbocycles. The lowest BCUT2D eigenvalue weighted by molar-refractivity contribution is 0.0365. The predicted octanol–water partition coefficient (Wildman–Crippen LogP) is 2.46. The largest absolute Gasteiger partial charge is 0.491 e. The summed E-state index contributed by atoms with van der Waals surface area (Å²) in [6, 6.07) is 5.25. The van der Waals surface area contributed by atoms with Crippen LogP contribution in [-0.4, -0.2) is 68.7 Å². The second kappa shape index (κ2) is 9.21. The van der Waals surface area contributed by atoms with Crippen LogP contribution >= 0.6 is 0 Å². The summed E-state index contributed by atoms with van der Waals surface area (Å²) >= 11 is 0. The maximum absolute atomic E-state index is 13.6. The normalized spacial score (nSPS) is 18.3. The van der Waals surface area contributed by atoms with Crippen LogP contribution in [-0.2, 0) is 0 Å². The van der Waals surface area contributed by atoms with Gasteiger partial charge in [0.05, 0.1) is 38.7 Å². The van der Waals surface area contributed by atoms with Crippen LogP contribution < -0.4 is 14.2 Å². The first-order valence-electron chi connectivity index (χ1n) is 10.4. The number of carbonyl (C=O) groups is 1. The number of hydrogen-bond acceptors (Lipinski definition) is 8. The van der Waals surface area contributed by atoms with E-state index >= 15 is 0 Å². The van der Waals surface area contributed by atoms with Crippen molar-refractivity contribution < 1.29 is 19.0 Å². The number of amides is 1. The van der Waals surface area contributed by atoms with Crippen molar-refractivity contribution in [2.24, 2.45) is 0 Å². The van der Waals surface area contributed by atoms with Gasteiger partial charge in [0.1, 0.15) is 6.10 Å². The molecule has 1 aliphatic rings. The minimum Gasteiger partial charge on any atom is -0.491 e. The number of nitrogens with zero attached hydrogens (tertiary/aromatic N) is 6. The van der Waals surface area contributed by atoms with E-state index in [4.69, 9.17) is 14.2 Å². The van der Waals surface area contributed by atoms with Crippen molar-refractivity contribution in [2.75, 3.05) is 20.8 Å². The maximum atomic E-state index is 13.6. The van der Waals surface area contributed by atoms with Gasteiger partial charge >= 0.3 is 0 Å². The lowest BCUT2D eigenvalue weighted by Crippen LogP contribution is -2.49. The lowest BCUT2D eigenvalue weighted by Gasteiger charge is -2.38. The van der Waals surface area contributed by atoms with E-state index in [2.05, 4.69) is 20.2 Å².